The van der Waals surface area contributed by atoms with E-state index in [0.29, 0.717) is 12.2 Å². The van der Waals surface area contributed by atoms with Crippen molar-refractivity contribution < 1.29 is 37.4 Å². The minimum atomic E-state index is -1.01. The van der Waals surface area contributed by atoms with E-state index in [-0.39, 0.29) is 42.9 Å². The minimum absolute atomic E-state index is 0.0290. The molecule has 0 atom stereocenters. The molecule has 2 aromatic rings. The van der Waals surface area contributed by atoms with Gasteiger partial charge >= 0.3 is 18.2 Å². The van der Waals surface area contributed by atoms with Gasteiger partial charge in [0.05, 0.1) is 27.0 Å². The average molecular weight is 632 g/mol. The highest BCUT2D eigenvalue weighted by atomic mass is 19.1. The predicted molar refractivity (Wildman–Crippen MR) is 165 cm³/mol. The van der Waals surface area contributed by atoms with Crippen molar-refractivity contribution in [3.05, 3.63) is 64.7 Å². The molecular formula is C32H43F2N5O6. The topological polar surface area (TPSA) is 104 Å². The van der Waals surface area contributed by atoms with Crippen LogP contribution in [0.2, 0.25) is 0 Å². The summed E-state index contributed by atoms with van der Waals surface area (Å²) in [4.78, 5) is 48.5. The van der Waals surface area contributed by atoms with Crippen LogP contribution in [0.3, 0.4) is 0 Å². The highest BCUT2D eigenvalue weighted by Gasteiger charge is 2.36. The zero-order valence-corrected chi connectivity index (χ0v) is 27.4. The molecule has 1 heterocycles. The second kappa shape index (κ2) is 14.1. The number of carbonyl (C=O) groups excluding carboxylic acids is 3. The largest absolute Gasteiger partial charge is 0.497 e. The van der Waals surface area contributed by atoms with Crippen molar-refractivity contribution >= 4 is 24.2 Å². The molecule has 0 bridgehead atoms. The average Bonchev–Trinajstić information content (AvgIpc) is 2.92. The first kappa shape index (κ1) is 35.1. The van der Waals surface area contributed by atoms with Gasteiger partial charge < -0.3 is 28.9 Å². The van der Waals surface area contributed by atoms with Crippen LogP contribution >= 0.6 is 0 Å². The molecule has 1 aliphatic heterocycles. The molecule has 246 valence electrons. The van der Waals surface area contributed by atoms with Crippen molar-refractivity contribution in [2.75, 3.05) is 34.5 Å². The van der Waals surface area contributed by atoms with Gasteiger partial charge in [0.25, 0.3) is 0 Å². The number of nitrogens with zero attached hydrogens (tertiary/aromatic N) is 5. The van der Waals surface area contributed by atoms with Crippen LogP contribution in [0.15, 0.2) is 41.4 Å². The fourth-order valence-electron chi connectivity index (χ4n) is 4.53. The molecule has 0 aromatic heterocycles. The van der Waals surface area contributed by atoms with E-state index < -0.39 is 41.6 Å². The van der Waals surface area contributed by atoms with Crippen LogP contribution < -0.4 is 4.74 Å². The van der Waals surface area contributed by atoms with E-state index in [0.717, 1.165) is 16.5 Å². The lowest BCUT2D eigenvalue weighted by atomic mass is 10.0. The fourth-order valence-corrected chi connectivity index (χ4v) is 4.53. The highest BCUT2D eigenvalue weighted by molar-refractivity contribution is 5.99. The minimum Gasteiger partial charge on any atom is -0.497 e. The monoisotopic (exact) mass is 631 g/mol. The number of hydrogen-bond donors (Lipinski definition) is 0. The van der Waals surface area contributed by atoms with Gasteiger partial charge in [0, 0.05) is 25.2 Å². The molecule has 45 heavy (non-hydrogen) atoms. The summed E-state index contributed by atoms with van der Waals surface area (Å²) in [6.45, 7) is 9.39. The van der Waals surface area contributed by atoms with E-state index >= 15 is 4.39 Å². The first-order valence-electron chi connectivity index (χ1n) is 14.5. The molecule has 0 aliphatic carbocycles. The van der Waals surface area contributed by atoms with Crippen LogP contribution in [-0.2, 0) is 28.9 Å². The lowest BCUT2D eigenvalue weighted by Crippen LogP contribution is -2.60. The first-order chi connectivity index (χ1) is 20.9. The van der Waals surface area contributed by atoms with Crippen LogP contribution in [0, 0.1) is 11.6 Å². The van der Waals surface area contributed by atoms with E-state index in [1.807, 2.05) is 12.1 Å². The lowest BCUT2D eigenvalue weighted by Gasteiger charge is -2.42. The summed E-state index contributed by atoms with van der Waals surface area (Å²) < 4.78 is 47.2. The van der Waals surface area contributed by atoms with Crippen molar-refractivity contribution in [1.29, 1.82) is 0 Å². The van der Waals surface area contributed by atoms with Gasteiger partial charge in [-0.1, -0.05) is 18.2 Å². The third-order valence-electron chi connectivity index (χ3n) is 6.56. The normalized spacial score (nSPS) is 14.4. The molecule has 11 nitrogen and oxygen atoms in total. The number of aryl methyl sites for hydroxylation is 1. The Hall–Kier alpha value is -4.42. The smallest absolute Gasteiger partial charge is 0.437 e. The van der Waals surface area contributed by atoms with E-state index in [9.17, 15) is 18.8 Å². The summed E-state index contributed by atoms with van der Waals surface area (Å²) in [6.07, 6.45) is -1.54. The van der Waals surface area contributed by atoms with Gasteiger partial charge in [0.2, 0.25) is 5.96 Å². The molecule has 4 amide bonds. The number of aliphatic imine (C=N–C) groups is 1. The van der Waals surface area contributed by atoms with Crippen molar-refractivity contribution in [2.24, 2.45) is 4.99 Å². The van der Waals surface area contributed by atoms with Gasteiger partial charge in [-0.25, -0.2) is 28.1 Å². The van der Waals surface area contributed by atoms with Crippen LogP contribution in [-0.4, -0.2) is 89.5 Å². The fraction of sp³-hybridized carbons (Fsp3) is 0.500. The van der Waals surface area contributed by atoms with Gasteiger partial charge in [-0.05, 0) is 78.1 Å². The van der Waals surface area contributed by atoms with Gasteiger partial charge in [-0.2, -0.15) is 0 Å². The Morgan fingerprint density at radius 1 is 0.889 bits per heavy atom. The third-order valence-corrected chi connectivity index (χ3v) is 6.56. The highest BCUT2D eigenvalue weighted by Crippen LogP contribution is 2.24. The maximum Gasteiger partial charge on any atom is 0.437 e. The quantitative estimate of drug-likeness (QED) is 0.285. The summed E-state index contributed by atoms with van der Waals surface area (Å²) in [5, 5.41) is 0. The number of guanidine groups is 1. The SMILES string of the molecule is COc1ccc(CCc2c(F)ccc(CN(C(=O)OC(C)(C)C)C(=NC(=O)OC(C)(C)C)N3CN(C)C(=O)N(C)C3)c2F)cc1. The van der Waals surface area contributed by atoms with Crippen LogP contribution in [0.25, 0.3) is 0 Å². The molecule has 3 rings (SSSR count). The molecule has 0 radical (unpaired) electrons. The summed E-state index contributed by atoms with van der Waals surface area (Å²) >= 11 is 0. The molecule has 0 N–H and O–H groups in total. The maximum atomic E-state index is 16.0. The molecular weight excluding hydrogens is 588 g/mol. The Balaban J connectivity index is 2.06. The number of hydrogen-bond acceptors (Lipinski definition) is 6. The van der Waals surface area contributed by atoms with E-state index in [1.165, 1.54) is 20.8 Å². The number of rotatable bonds is 6. The Kier molecular flexibility index (Phi) is 11.0. The predicted octanol–water partition coefficient (Wildman–Crippen LogP) is 6.00. The van der Waals surface area contributed by atoms with Crippen LogP contribution in [0.1, 0.15) is 58.2 Å². The Morgan fingerprint density at radius 3 is 2.00 bits per heavy atom. The molecule has 1 fully saturated rings. The summed E-state index contributed by atoms with van der Waals surface area (Å²) in [5.41, 5.74) is -1.20. The third kappa shape index (κ3) is 9.79. The molecule has 1 saturated heterocycles. The maximum absolute atomic E-state index is 16.0. The zero-order chi connectivity index (χ0) is 33.7. The number of benzene rings is 2. The summed E-state index contributed by atoms with van der Waals surface area (Å²) in [7, 11) is 4.64. The van der Waals surface area contributed by atoms with Crippen molar-refractivity contribution in [2.45, 2.75) is 72.1 Å². The molecule has 0 unspecified atom stereocenters. The van der Waals surface area contributed by atoms with Crippen molar-refractivity contribution in [3.63, 3.8) is 0 Å². The Bertz CT molecular complexity index is 1400. The standard InChI is InChI=1S/C32H43F2N5O6/c1-31(2,3)44-28(40)35-27(38-19-36(7)29(41)37(8)20-38)39(30(42)45-32(4,5)6)18-22-13-17-25(33)24(26(22)34)16-12-21-10-14-23(43-9)15-11-21/h10-11,13-15,17H,12,16,18-20H2,1-9H3. The van der Waals surface area contributed by atoms with Crippen molar-refractivity contribution in [1.82, 2.24) is 19.6 Å². The number of urea groups is 1. The zero-order valence-electron chi connectivity index (χ0n) is 27.4. The van der Waals surface area contributed by atoms with Crippen LogP contribution in [0.5, 0.6) is 5.75 Å². The van der Waals surface area contributed by atoms with E-state index in [1.54, 1.807) is 74.9 Å². The molecule has 2 aromatic carbocycles. The Labute approximate surface area is 263 Å². The van der Waals surface area contributed by atoms with Gasteiger partial charge in [0.15, 0.2) is 0 Å². The molecule has 0 saturated carbocycles. The van der Waals surface area contributed by atoms with Gasteiger partial charge in [-0.3, -0.25) is 0 Å². The van der Waals surface area contributed by atoms with E-state index in [4.69, 9.17) is 14.2 Å². The van der Waals surface area contributed by atoms with Crippen molar-refractivity contribution in [3.8, 4) is 5.75 Å². The first-order valence-corrected chi connectivity index (χ1v) is 14.5. The number of methoxy groups -OCH3 is 1. The summed E-state index contributed by atoms with van der Waals surface area (Å²) in [6, 6.07) is 9.26. The molecule has 13 heteroatoms. The number of halogens is 2. The van der Waals surface area contributed by atoms with Gasteiger partial charge in [0.1, 0.15) is 28.6 Å². The van der Waals surface area contributed by atoms with Crippen LogP contribution in [0.4, 0.5) is 23.2 Å². The van der Waals surface area contributed by atoms with E-state index in [2.05, 4.69) is 4.99 Å². The molecule has 0 spiro atoms. The van der Waals surface area contributed by atoms with Gasteiger partial charge in [-0.15, -0.1) is 4.99 Å². The number of amides is 4. The second-order valence-corrected chi connectivity index (χ2v) is 12.8. The second-order valence-electron chi connectivity index (χ2n) is 12.8. The summed E-state index contributed by atoms with van der Waals surface area (Å²) in [5.74, 6) is -1.13. The Morgan fingerprint density at radius 2 is 1.47 bits per heavy atom. The molecule has 1 aliphatic rings. The lowest BCUT2D eigenvalue weighted by molar-refractivity contribution is 0.0299. The number of ether oxygens (including phenoxy) is 3. The number of carbonyl (C=O) groups is 3.